The molecule has 0 saturated carbocycles. The summed E-state index contributed by atoms with van der Waals surface area (Å²) < 4.78 is 10.8. The lowest BCUT2D eigenvalue weighted by Crippen LogP contribution is -2.39. The first-order valence-corrected chi connectivity index (χ1v) is 7.58. The van der Waals surface area contributed by atoms with Gasteiger partial charge in [0.25, 0.3) is 0 Å². The van der Waals surface area contributed by atoms with Crippen molar-refractivity contribution in [2.24, 2.45) is 0 Å². The number of rotatable bonds is 2. The van der Waals surface area contributed by atoms with E-state index in [-0.39, 0.29) is 5.75 Å². The van der Waals surface area contributed by atoms with Crippen molar-refractivity contribution in [1.29, 1.82) is 0 Å². The third kappa shape index (κ3) is 1.89. The van der Waals surface area contributed by atoms with Crippen molar-refractivity contribution < 1.29 is 14.6 Å². The number of aromatic hydroxyl groups is 1. The first kappa shape index (κ1) is 13.5. The maximum absolute atomic E-state index is 9.99. The highest BCUT2D eigenvalue weighted by Crippen LogP contribution is 2.43. The second-order valence-electron chi connectivity index (χ2n) is 5.97. The van der Waals surface area contributed by atoms with Gasteiger partial charge in [-0.25, -0.2) is 0 Å². The van der Waals surface area contributed by atoms with Crippen molar-refractivity contribution in [3.8, 4) is 17.4 Å². The van der Waals surface area contributed by atoms with E-state index in [0.717, 1.165) is 37.4 Å². The van der Waals surface area contributed by atoms with Crippen molar-refractivity contribution in [2.45, 2.75) is 25.4 Å². The summed E-state index contributed by atoms with van der Waals surface area (Å²) in [5, 5.41) is 9.99. The number of nitrogens with one attached hydrogen (secondary N) is 1. The maximum Gasteiger partial charge on any atom is 0.190 e. The fourth-order valence-electron chi connectivity index (χ4n) is 3.78. The van der Waals surface area contributed by atoms with Crippen LogP contribution in [-0.4, -0.2) is 35.8 Å². The van der Waals surface area contributed by atoms with Crippen LogP contribution < -0.4 is 9.47 Å². The Morgan fingerprint density at radius 1 is 1.23 bits per heavy atom. The van der Waals surface area contributed by atoms with Gasteiger partial charge in [0.2, 0.25) is 0 Å². The van der Waals surface area contributed by atoms with Crippen LogP contribution in [0.1, 0.15) is 28.4 Å². The molecule has 0 saturated heterocycles. The Labute approximate surface area is 129 Å². The summed E-state index contributed by atoms with van der Waals surface area (Å²) in [5.74, 6) is 1.67. The zero-order chi connectivity index (χ0) is 15.3. The van der Waals surface area contributed by atoms with Crippen molar-refractivity contribution in [2.75, 3.05) is 20.8 Å². The van der Waals surface area contributed by atoms with Crippen LogP contribution in [0.15, 0.2) is 18.2 Å². The Balaban J connectivity index is 1.76. The van der Waals surface area contributed by atoms with E-state index in [4.69, 9.17) is 9.47 Å². The minimum absolute atomic E-state index is 0.221. The van der Waals surface area contributed by atoms with E-state index in [9.17, 15) is 5.11 Å². The number of hydrogen-bond donors (Lipinski definition) is 2. The molecule has 0 amide bonds. The third-order valence-corrected chi connectivity index (χ3v) is 4.89. The molecule has 5 nitrogen and oxygen atoms in total. The largest absolute Gasteiger partial charge is 0.504 e. The van der Waals surface area contributed by atoms with Gasteiger partial charge in [0.05, 0.1) is 20.3 Å². The van der Waals surface area contributed by atoms with Gasteiger partial charge < -0.3 is 19.6 Å². The summed E-state index contributed by atoms with van der Waals surface area (Å²) in [7, 11) is 3.31. The van der Waals surface area contributed by atoms with Gasteiger partial charge in [0, 0.05) is 30.4 Å². The Hall–Kier alpha value is -2.14. The normalized spacial score (nSPS) is 20.0. The number of phenols is 1. The van der Waals surface area contributed by atoms with Crippen LogP contribution in [0.5, 0.6) is 17.4 Å². The lowest BCUT2D eigenvalue weighted by atomic mass is 9.87. The topological polar surface area (TPSA) is 57.7 Å². The van der Waals surface area contributed by atoms with Crippen LogP contribution in [-0.2, 0) is 19.4 Å². The molecular formula is C17H20N2O3. The summed E-state index contributed by atoms with van der Waals surface area (Å²) in [6, 6.07) is 6.19. The molecule has 4 rings (SSSR count). The van der Waals surface area contributed by atoms with Crippen LogP contribution in [0.3, 0.4) is 0 Å². The van der Waals surface area contributed by atoms with Crippen LogP contribution in [0.25, 0.3) is 0 Å². The molecule has 3 heterocycles. The van der Waals surface area contributed by atoms with E-state index in [1.165, 1.54) is 16.8 Å². The van der Waals surface area contributed by atoms with Gasteiger partial charge in [0.1, 0.15) is 0 Å². The van der Waals surface area contributed by atoms with Gasteiger partial charge in [-0.15, -0.1) is 0 Å². The van der Waals surface area contributed by atoms with E-state index < -0.39 is 0 Å². The van der Waals surface area contributed by atoms with Gasteiger partial charge in [-0.2, -0.15) is 0 Å². The second-order valence-corrected chi connectivity index (χ2v) is 5.97. The molecule has 1 unspecified atom stereocenters. The van der Waals surface area contributed by atoms with Gasteiger partial charge in [-0.1, -0.05) is 6.07 Å². The first-order valence-electron chi connectivity index (χ1n) is 7.58. The number of nitrogens with zero attached hydrogens (tertiary/aromatic N) is 1. The van der Waals surface area contributed by atoms with Crippen LogP contribution in [0, 0.1) is 0 Å². The molecule has 0 aliphatic carbocycles. The number of fused-ring (bicyclic) bond motifs is 4. The minimum Gasteiger partial charge on any atom is -0.504 e. The molecule has 1 aromatic carbocycles. The van der Waals surface area contributed by atoms with E-state index in [1.807, 2.05) is 6.07 Å². The number of ether oxygens (including phenoxy) is 2. The summed E-state index contributed by atoms with van der Waals surface area (Å²) in [4.78, 5) is 5.86. The monoisotopic (exact) mass is 300 g/mol. The van der Waals surface area contributed by atoms with Crippen molar-refractivity contribution in [3.63, 3.8) is 0 Å². The number of hydrogen-bond acceptors (Lipinski definition) is 4. The lowest BCUT2D eigenvalue weighted by Gasteiger charge is -2.40. The van der Waals surface area contributed by atoms with Crippen molar-refractivity contribution in [3.05, 3.63) is 40.6 Å². The zero-order valence-electron chi connectivity index (χ0n) is 12.8. The highest BCUT2D eigenvalue weighted by molar-refractivity contribution is 5.52. The van der Waals surface area contributed by atoms with E-state index in [1.54, 1.807) is 20.3 Å². The summed E-state index contributed by atoms with van der Waals surface area (Å²) in [5.41, 5.74) is 4.98. The average Bonchev–Trinajstić information content (AvgIpc) is 2.97. The predicted molar refractivity (Wildman–Crippen MR) is 82.6 cm³/mol. The molecular weight excluding hydrogens is 280 g/mol. The number of benzene rings is 1. The molecule has 116 valence electrons. The van der Waals surface area contributed by atoms with Crippen LogP contribution >= 0.6 is 0 Å². The van der Waals surface area contributed by atoms with E-state index in [2.05, 4.69) is 16.0 Å². The smallest absolute Gasteiger partial charge is 0.190 e. The Morgan fingerprint density at radius 3 is 2.86 bits per heavy atom. The van der Waals surface area contributed by atoms with Crippen molar-refractivity contribution in [1.82, 2.24) is 9.88 Å². The molecule has 1 aromatic heterocycles. The molecule has 1 atom stereocenters. The second kappa shape index (κ2) is 4.95. The highest BCUT2D eigenvalue weighted by Gasteiger charge is 2.35. The van der Waals surface area contributed by atoms with Gasteiger partial charge in [-0.05, 0) is 30.0 Å². The molecule has 0 spiro atoms. The lowest BCUT2D eigenvalue weighted by molar-refractivity contribution is 0.154. The summed E-state index contributed by atoms with van der Waals surface area (Å²) in [6.07, 6.45) is 1.94. The average molecular weight is 300 g/mol. The zero-order valence-corrected chi connectivity index (χ0v) is 12.8. The molecule has 5 heteroatoms. The fraction of sp³-hybridized carbons (Fsp3) is 0.412. The quantitative estimate of drug-likeness (QED) is 0.894. The Bertz CT molecular complexity index is 723. The van der Waals surface area contributed by atoms with E-state index >= 15 is 0 Å². The van der Waals surface area contributed by atoms with Gasteiger partial charge in [-0.3, -0.25) is 4.90 Å². The van der Waals surface area contributed by atoms with Crippen LogP contribution in [0.2, 0.25) is 0 Å². The maximum atomic E-state index is 9.99. The summed E-state index contributed by atoms with van der Waals surface area (Å²) >= 11 is 0. The molecule has 0 radical (unpaired) electrons. The van der Waals surface area contributed by atoms with Gasteiger partial charge >= 0.3 is 0 Å². The first-order chi connectivity index (χ1) is 10.7. The predicted octanol–water partition coefficient (Wildman–Crippen LogP) is 2.39. The summed E-state index contributed by atoms with van der Waals surface area (Å²) in [6.45, 7) is 1.81. The number of methoxy groups -OCH3 is 2. The molecule has 0 fully saturated rings. The molecule has 0 bridgehead atoms. The number of H-pyrrole nitrogens is 1. The SMILES string of the molecule is COc1cc2c([nH]1)C1Cc3ccc(O)c(OC)c3CN1CC2. The standard InChI is InChI=1S/C17H20N2O3/c1-21-15-8-11-5-6-19-9-12-10(7-13(19)16(11)18-15)3-4-14(20)17(12)22-2/h3-4,8,13,18,20H,5-7,9H2,1-2H3. The number of phenolic OH excluding ortho intramolecular Hbond substituents is 1. The molecule has 2 aliphatic rings. The molecule has 2 N–H and O–H groups in total. The third-order valence-electron chi connectivity index (χ3n) is 4.89. The number of aromatic nitrogens is 1. The molecule has 22 heavy (non-hydrogen) atoms. The Morgan fingerprint density at radius 2 is 2.09 bits per heavy atom. The minimum atomic E-state index is 0.221. The highest BCUT2D eigenvalue weighted by atomic mass is 16.5. The molecule has 2 aliphatic heterocycles. The van der Waals surface area contributed by atoms with Crippen molar-refractivity contribution >= 4 is 0 Å². The van der Waals surface area contributed by atoms with Crippen LogP contribution in [0.4, 0.5) is 0 Å². The Kier molecular flexibility index (Phi) is 3.04. The fourth-order valence-corrected chi connectivity index (χ4v) is 3.78. The van der Waals surface area contributed by atoms with Gasteiger partial charge in [0.15, 0.2) is 17.4 Å². The number of aromatic amines is 1. The molecule has 2 aromatic rings. The van der Waals surface area contributed by atoms with E-state index in [0.29, 0.717) is 11.8 Å².